The highest BCUT2D eigenvalue weighted by Gasteiger charge is 2.40. The third-order valence-corrected chi connectivity index (χ3v) is 8.29. The topological polar surface area (TPSA) is 123 Å². The van der Waals surface area contributed by atoms with Crippen LogP contribution in [0.3, 0.4) is 0 Å². The van der Waals surface area contributed by atoms with Crippen LogP contribution in [-0.4, -0.2) is 77.2 Å². The molecule has 3 heterocycles. The number of carbonyl (C=O) groups excluding carboxylic acids is 3. The van der Waals surface area contributed by atoms with Gasteiger partial charge in [-0.3, -0.25) is 9.59 Å². The van der Waals surface area contributed by atoms with E-state index in [0.29, 0.717) is 56.5 Å². The summed E-state index contributed by atoms with van der Waals surface area (Å²) in [4.78, 5) is 48.2. The van der Waals surface area contributed by atoms with Crippen LogP contribution in [0.5, 0.6) is 11.5 Å². The second-order valence-electron chi connectivity index (χ2n) is 13.3. The second kappa shape index (κ2) is 13.8. The number of likely N-dealkylation sites (tertiary alicyclic amines) is 2. The first kappa shape index (κ1) is 33.5. The number of aromatic nitrogens is 1. The van der Waals surface area contributed by atoms with Crippen molar-refractivity contribution in [2.75, 3.05) is 26.2 Å². The fourth-order valence-electron chi connectivity index (χ4n) is 5.66. The number of amides is 3. The number of oxazole rings is 1. The summed E-state index contributed by atoms with van der Waals surface area (Å²) < 4.78 is 48.3. The van der Waals surface area contributed by atoms with E-state index in [1.54, 1.807) is 32.6 Å². The van der Waals surface area contributed by atoms with Gasteiger partial charge in [0.05, 0.1) is 12.6 Å². The van der Waals surface area contributed by atoms with Gasteiger partial charge < -0.3 is 33.7 Å². The van der Waals surface area contributed by atoms with Gasteiger partial charge in [-0.2, -0.15) is 8.78 Å². The SMILES string of the molecule is [CH2]C1CCN(C(=O)[C@@H]2CCCN2C(=O)c2nc(-c3ccc(OC(F)F)c(OCC4CC4)c3)oc2[C@H](C)NC(=O)OC(C)(C)C)CC1. The minimum absolute atomic E-state index is 0.00986. The highest BCUT2D eigenvalue weighted by atomic mass is 19.3. The van der Waals surface area contributed by atoms with E-state index >= 15 is 0 Å². The number of hydrogen-bond donors (Lipinski definition) is 1. The molecule has 3 amide bonds. The molecule has 1 radical (unpaired) electrons. The largest absolute Gasteiger partial charge is 0.489 e. The molecule has 46 heavy (non-hydrogen) atoms. The molecule has 2 aromatic rings. The lowest BCUT2D eigenvalue weighted by atomic mass is 9.98. The van der Waals surface area contributed by atoms with Crippen LogP contribution >= 0.6 is 0 Å². The maximum atomic E-state index is 14.2. The summed E-state index contributed by atoms with van der Waals surface area (Å²) in [6.07, 6.45) is 4.06. The quantitative estimate of drug-likeness (QED) is 0.334. The Labute approximate surface area is 267 Å². The van der Waals surface area contributed by atoms with Crippen molar-refractivity contribution in [1.29, 1.82) is 0 Å². The molecule has 1 aromatic heterocycles. The Balaban J connectivity index is 1.46. The lowest BCUT2D eigenvalue weighted by Gasteiger charge is -2.34. The zero-order valence-corrected chi connectivity index (χ0v) is 26.9. The van der Waals surface area contributed by atoms with Crippen molar-refractivity contribution in [3.05, 3.63) is 36.6 Å². The molecule has 1 saturated carbocycles. The molecule has 1 N–H and O–H groups in total. The van der Waals surface area contributed by atoms with Crippen molar-refractivity contribution < 1.29 is 41.8 Å². The van der Waals surface area contributed by atoms with Crippen LogP contribution in [-0.2, 0) is 9.53 Å². The van der Waals surface area contributed by atoms with Crippen LogP contribution in [0.2, 0.25) is 0 Å². The molecule has 3 aliphatic rings. The Kier molecular flexibility index (Phi) is 10.1. The van der Waals surface area contributed by atoms with Crippen LogP contribution in [0.25, 0.3) is 11.5 Å². The Morgan fingerprint density at radius 3 is 2.46 bits per heavy atom. The van der Waals surface area contributed by atoms with Crippen LogP contribution < -0.4 is 14.8 Å². The van der Waals surface area contributed by atoms with Gasteiger partial charge in [-0.15, -0.1) is 0 Å². The van der Waals surface area contributed by atoms with Crippen LogP contribution in [0.1, 0.15) is 88.5 Å². The smallest absolute Gasteiger partial charge is 0.408 e. The van der Waals surface area contributed by atoms with Gasteiger partial charge in [0.1, 0.15) is 11.6 Å². The van der Waals surface area contributed by atoms with Gasteiger partial charge in [0.25, 0.3) is 5.91 Å². The Morgan fingerprint density at radius 1 is 1.09 bits per heavy atom. The molecule has 5 rings (SSSR count). The molecule has 0 unspecified atom stereocenters. The summed E-state index contributed by atoms with van der Waals surface area (Å²) in [7, 11) is 0. The lowest BCUT2D eigenvalue weighted by molar-refractivity contribution is -0.136. The zero-order valence-electron chi connectivity index (χ0n) is 26.9. The maximum absolute atomic E-state index is 14.2. The normalized spacial score (nSPS) is 19.7. The number of benzene rings is 1. The number of alkyl halides is 2. The third kappa shape index (κ3) is 8.27. The molecule has 11 nitrogen and oxygen atoms in total. The minimum Gasteiger partial charge on any atom is -0.489 e. The van der Waals surface area contributed by atoms with Crippen molar-refractivity contribution in [1.82, 2.24) is 20.1 Å². The van der Waals surface area contributed by atoms with Crippen LogP contribution in [0.4, 0.5) is 13.6 Å². The number of nitrogens with zero attached hydrogens (tertiary/aromatic N) is 3. The first-order valence-corrected chi connectivity index (χ1v) is 15.9. The molecular weight excluding hydrogens is 602 g/mol. The van der Waals surface area contributed by atoms with Crippen LogP contribution in [0, 0.1) is 18.8 Å². The molecule has 1 aliphatic carbocycles. The summed E-state index contributed by atoms with van der Waals surface area (Å²) in [5.41, 5.74) is -0.482. The molecule has 2 atom stereocenters. The molecular formula is C33H43F2N4O7. The van der Waals surface area contributed by atoms with E-state index in [4.69, 9.17) is 13.9 Å². The number of halogens is 2. The van der Waals surface area contributed by atoms with Gasteiger partial charge in [0.2, 0.25) is 11.8 Å². The fraction of sp³-hybridized carbons (Fsp3) is 0.606. The zero-order chi connectivity index (χ0) is 33.2. The predicted molar refractivity (Wildman–Crippen MR) is 163 cm³/mol. The molecule has 0 bridgehead atoms. The average molecular weight is 646 g/mol. The standard InChI is InChI=1S/C33H43F2N4O7/c1-19-12-15-38(16-13-19)29(40)23-7-6-14-39(23)30(41)26-27(20(2)36-32(42)46-33(3,4)5)45-28(37-26)22-10-11-24(44-31(34)35)25(17-22)43-18-21-8-9-21/h10-11,17,19-21,23,31H,1,6-9,12-16,18H2,2-5H3,(H,36,42)/t20-,23-/m0/s1. The number of piperidine rings is 1. The first-order chi connectivity index (χ1) is 21.8. The van der Waals surface area contributed by atoms with E-state index < -0.39 is 36.3 Å². The summed E-state index contributed by atoms with van der Waals surface area (Å²) in [6.45, 7) is 9.76. The first-order valence-electron chi connectivity index (χ1n) is 15.9. The van der Waals surface area contributed by atoms with Gasteiger partial charge in [-0.1, -0.05) is 6.92 Å². The van der Waals surface area contributed by atoms with E-state index in [1.807, 2.05) is 0 Å². The van der Waals surface area contributed by atoms with E-state index in [-0.39, 0.29) is 34.8 Å². The fourth-order valence-corrected chi connectivity index (χ4v) is 5.66. The average Bonchev–Trinajstić information content (AvgIpc) is 3.49. The van der Waals surface area contributed by atoms with Crippen molar-refractivity contribution >= 4 is 17.9 Å². The Bertz CT molecular complexity index is 1410. The van der Waals surface area contributed by atoms with Gasteiger partial charge in [0.15, 0.2) is 23.0 Å². The number of rotatable bonds is 10. The van der Waals surface area contributed by atoms with Crippen molar-refractivity contribution in [3.63, 3.8) is 0 Å². The monoisotopic (exact) mass is 645 g/mol. The maximum Gasteiger partial charge on any atom is 0.408 e. The summed E-state index contributed by atoms with van der Waals surface area (Å²) >= 11 is 0. The van der Waals surface area contributed by atoms with E-state index in [2.05, 4.69) is 22.0 Å². The van der Waals surface area contributed by atoms with Crippen LogP contribution in [0.15, 0.2) is 22.6 Å². The number of hydrogen-bond acceptors (Lipinski definition) is 8. The number of alkyl carbamates (subject to hydrolysis) is 1. The highest BCUT2D eigenvalue weighted by molar-refractivity contribution is 5.98. The van der Waals surface area contributed by atoms with Crippen molar-refractivity contribution in [3.8, 4) is 23.0 Å². The van der Waals surface area contributed by atoms with Crippen molar-refractivity contribution in [2.24, 2.45) is 11.8 Å². The van der Waals surface area contributed by atoms with E-state index in [0.717, 1.165) is 25.7 Å². The molecule has 251 valence electrons. The summed E-state index contributed by atoms with van der Waals surface area (Å²) in [5, 5.41) is 2.70. The van der Waals surface area contributed by atoms with Gasteiger partial charge >= 0.3 is 12.7 Å². The molecule has 2 aliphatic heterocycles. The molecule has 13 heteroatoms. The molecule has 1 aromatic carbocycles. The second-order valence-corrected chi connectivity index (χ2v) is 13.3. The summed E-state index contributed by atoms with van der Waals surface area (Å²) in [5.74, 6) is 0.0734. The Morgan fingerprint density at radius 2 is 1.80 bits per heavy atom. The highest BCUT2D eigenvalue weighted by Crippen LogP contribution is 2.38. The Hall–Kier alpha value is -3.90. The molecule has 2 saturated heterocycles. The number of nitrogens with one attached hydrogen (secondary N) is 1. The van der Waals surface area contributed by atoms with E-state index in [9.17, 15) is 23.2 Å². The van der Waals surface area contributed by atoms with Gasteiger partial charge in [0, 0.05) is 25.2 Å². The van der Waals surface area contributed by atoms with Gasteiger partial charge in [-0.05, 0) is 96.3 Å². The number of carbonyl (C=O) groups is 3. The number of ether oxygens (including phenoxy) is 3. The third-order valence-electron chi connectivity index (χ3n) is 8.29. The minimum atomic E-state index is -3.05. The molecule has 3 fully saturated rings. The summed E-state index contributed by atoms with van der Waals surface area (Å²) in [6, 6.07) is 2.79. The molecule has 0 spiro atoms. The van der Waals surface area contributed by atoms with E-state index in [1.165, 1.54) is 23.1 Å². The van der Waals surface area contributed by atoms with Crippen molar-refractivity contribution in [2.45, 2.75) is 90.5 Å². The predicted octanol–water partition coefficient (Wildman–Crippen LogP) is 5.99. The van der Waals surface area contributed by atoms with Gasteiger partial charge in [-0.25, -0.2) is 9.78 Å². The lowest BCUT2D eigenvalue weighted by Crippen LogP contribution is -2.50.